The zero-order valence-electron chi connectivity index (χ0n) is 28.0. The average Bonchev–Trinajstić information content (AvgIpc) is 3.53. The van der Waals surface area contributed by atoms with Crippen molar-refractivity contribution < 1.29 is 14.4 Å². The van der Waals surface area contributed by atoms with Crippen molar-refractivity contribution in [3.8, 4) is 0 Å². The zero-order valence-corrected chi connectivity index (χ0v) is 31.2. The lowest BCUT2D eigenvalue weighted by atomic mass is 10.0. The van der Waals surface area contributed by atoms with Crippen molar-refractivity contribution in [2.75, 3.05) is 20.1 Å². The Labute approximate surface area is 310 Å². The second kappa shape index (κ2) is 18.2. The molecule has 3 atom stereocenters. The predicted octanol–water partition coefficient (Wildman–Crippen LogP) is 4.64. The first-order valence-corrected chi connectivity index (χ1v) is 18.8. The van der Waals surface area contributed by atoms with Gasteiger partial charge in [0, 0.05) is 64.8 Å². The monoisotopic (exact) mass is 782 g/mol. The molecule has 2 aromatic heterocycles. The number of nitrogens with one attached hydrogen (secondary N) is 4. The minimum atomic E-state index is -0.895. The van der Waals surface area contributed by atoms with Crippen LogP contribution in [-0.2, 0) is 33.9 Å². The summed E-state index contributed by atoms with van der Waals surface area (Å²) in [6.45, 7) is 1.36. The van der Waals surface area contributed by atoms with Gasteiger partial charge in [-0.2, -0.15) is 0 Å². The third-order valence-electron chi connectivity index (χ3n) is 8.96. The number of rotatable bonds is 9. The summed E-state index contributed by atoms with van der Waals surface area (Å²) in [5.41, 5.74) is 15.1. The fourth-order valence-electron chi connectivity index (χ4n) is 6.11. The Morgan fingerprint density at radius 2 is 1.74 bits per heavy atom. The van der Waals surface area contributed by atoms with Crippen molar-refractivity contribution in [3.05, 3.63) is 87.1 Å². The lowest BCUT2D eigenvalue weighted by Crippen LogP contribution is -2.57. The Morgan fingerprint density at radius 1 is 0.960 bits per heavy atom. The smallest absolute Gasteiger partial charge is 0.245 e. The Hall–Kier alpha value is -3.46. The van der Waals surface area contributed by atoms with Gasteiger partial charge in [0.2, 0.25) is 17.7 Å². The molecule has 0 bridgehead atoms. The normalized spacial score (nSPS) is 19.4. The number of unbranched alkanes of at least 4 members (excludes halogenated alkanes) is 1. The van der Waals surface area contributed by atoms with Crippen molar-refractivity contribution in [2.45, 2.75) is 79.7 Å². The van der Waals surface area contributed by atoms with Crippen LogP contribution < -0.4 is 27.4 Å². The first kappa shape index (κ1) is 37.8. The Balaban J connectivity index is 1.58. The molecular weight excluding hydrogens is 740 g/mol. The molecule has 0 aliphatic carbocycles. The third kappa shape index (κ3) is 9.25. The van der Waals surface area contributed by atoms with Crippen LogP contribution in [0.3, 0.4) is 0 Å². The van der Waals surface area contributed by atoms with E-state index >= 15 is 0 Å². The van der Waals surface area contributed by atoms with E-state index < -0.39 is 18.1 Å². The van der Waals surface area contributed by atoms with Crippen molar-refractivity contribution in [3.63, 3.8) is 0 Å². The molecule has 0 fully saturated rings. The number of hydrogen-bond donors (Lipinski definition) is 6. The number of carbonyl (C=O) groups excluding carboxylic acids is 3. The van der Waals surface area contributed by atoms with E-state index in [1.807, 2.05) is 48.7 Å². The molecule has 1 aliphatic rings. The van der Waals surface area contributed by atoms with Crippen molar-refractivity contribution >= 4 is 67.9 Å². The van der Waals surface area contributed by atoms with E-state index in [-0.39, 0.29) is 30.7 Å². The molecule has 266 valence electrons. The highest BCUT2D eigenvalue weighted by Crippen LogP contribution is 2.39. The summed E-state index contributed by atoms with van der Waals surface area (Å²) in [6.07, 6.45) is 6.60. The maximum atomic E-state index is 14.4. The molecule has 14 heteroatoms. The van der Waals surface area contributed by atoms with Crippen LogP contribution in [0.15, 0.2) is 75.3 Å². The highest BCUT2D eigenvalue weighted by molar-refractivity contribution is 9.10. The molecular formula is C36H44BrClN8O3S. The molecule has 11 nitrogen and oxygen atoms in total. The van der Waals surface area contributed by atoms with Crippen molar-refractivity contribution in [1.82, 2.24) is 30.8 Å². The molecule has 4 aromatic rings. The van der Waals surface area contributed by atoms with Gasteiger partial charge in [-0.3, -0.25) is 14.4 Å². The van der Waals surface area contributed by atoms with E-state index in [1.54, 1.807) is 19.3 Å². The number of nitrogens with zero attached hydrogens (tertiary/aromatic N) is 2. The summed E-state index contributed by atoms with van der Waals surface area (Å²) in [4.78, 5) is 52.7. The number of aromatic amines is 1. The summed E-state index contributed by atoms with van der Waals surface area (Å²) in [7, 11) is 1.63. The SMILES string of the molecule is CN1C(=O)[C@H](CCCCN)NC(=O)[C@H](CCCN)NCc2cccnc2Sc2c(Cl)ccc(Br)c2CNC(=O)[C@@H]1Cc1c[nH]c2ccccc12. The van der Waals surface area contributed by atoms with Crippen molar-refractivity contribution in [1.29, 1.82) is 0 Å². The molecule has 0 unspecified atom stereocenters. The summed E-state index contributed by atoms with van der Waals surface area (Å²) in [5, 5.41) is 11.7. The fraction of sp³-hybridized carbons (Fsp3) is 0.389. The lowest BCUT2D eigenvalue weighted by molar-refractivity contribution is -0.142. The molecule has 2 aromatic carbocycles. The molecule has 0 radical (unpaired) electrons. The predicted molar refractivity (Wildman–Crippen MR) is 202 cm³/mol. The highest BCUT2D eigenvalue weighted by atomic mass is 79.9. The number of carbonyl (C=O) groups is 3. The van der Waals surface area contributed by atoms with Gasteiger partial charge in [-0.25, -0.2) is 4.98 Å². The fourth-order valence-corrected chi connectivity index (χ4v) is 8.05. The summed E-state index contributed by atoms with van der Waals surface area (Å²) in [5.74, 6) is -1.01. The quantitative estimate of drug-likeness (QED) is 0.133. The zero-order chi connectivity index (χ0) is 35.6. The van der Waals surface area contributed by atoms with Gasteiger partial charge in [0.1, 0.15) is 17.1 Å². The number of fused-ring (bicyclic) bond motifs is 3. The highest BCUT2D eigenvalue weighted by Gasteiger charge is 2.34. The van der Waals surface area contributed by atoms with Crippen LogP contribution in [0.1, 0.15) is 48.8 Å². The van der Waals surface area contributed by atoms with Crippen LogP contribution in [0.4, 0.5) is 0 Å². The van der Waals surface area contributed by atoms with Crippen LogP contribution in [0.2, 0.25) is 5.02 Å². The largest absolute Gasteiger partial charge is 0.361 e. The number of nitrogens with two attached hydrogens (primary N) is 2. The first-order chi connectivity index (χ1) is 24.2. The van der Waals surface area contributed by atoms with E-state index in [4.69, 9.17) is 23.1 Å². The van der Waals surface area contributed by atoms with E-state index in [0.29, 0.717) is 61.8 Å². The number of para-hydroxylation sites is 1. The summed E-state index contributed by atoms with van der Waals surface area (Å²) in [6, 6.07) is 12.9. The molecule has 0 saturated heterocycles. The maximum absolute atomic E-state index is 14.4. The summed E-state index contributed by atoms with van der Waals surface area (Å²) < 4.78 is 0.771. The number of pyridine rings is 1. The van der Waals surface area contributed by atoms with Crippen LogP contribution in [0.25, 0.3) is 10.9 Å². The van der Waals surface area contributed by atoms with E-state index in [0.717, 1.165) is 37.0 Å². The molecule has 1 aliphatic heterocycles. The molecule has 0 spiro atoms. The maximum Gasteiger partial charge on any atom is 0.245 e. The number of aromatic nitrogens is 2. The Morgan fingerprint density at radius 3 is 2.54 bits per heavy atom. The van der Waals surface area contributed by atoms with Gasteiger partial charge in [0.05, 0.1) is 11.1 Å². The minimum absolute atomic E-state index is 0.146. The van der Waals surface area contributed by atoms with E-state index in [9.17, 15) is 14.4 Å². The topological polar surface area (TPSA) is 171 Å². The summed E-state index contributed by atoms with van der Waals surface area (Å²) >= 11 is 11.9. The van der Waals surface area contributed by atoms with Gasteiger partial charge in [-0.1, -0.05) is 63.6 Å². The van der Waals surface area contributed by atoms with Crippen LogP contribution >= 0.6 is 39.3 Å². The number of likely N-dealkylation sites (N-methyl/N-ethyl adjacent to an activating group) is 1. The molecule has 8 N–H and O–H groups in total. The number of H-pyrrole nitrogens is 1. The van der Waals surface area contributed by atoms with Crippen molar-refractivity contribution in [2.24, 2.45) is 11.5 Å². The number of benzene rings is 2. The standard InChI is InChI=1S/C36H44BrClN8O3S/c1-46-31(18-23-20-42-28-10-3-2-9-24(23)28)34(48)44-21-25-26(37)13-14-27(38)32(25)50-35-22(8-7-17-41-35)19-43-29(12-6-16-40)33(47)45-30(36(46)49)11-4-5-15-39/h2-3,7-10,13-14,17,20,29-31,42-43H,4-6,11-12,15-16,18-19,21,39-40H2,1H3,(H,44,48)(H,45,47)/t29-,30-,31-/m0/s1. The second-order valence-corrected chi connectivity index (χ2v) is 14.6. The Kier molecular flexibility index (Phi) is 13.7. The van der Waals surface area contributed by atoms with Gasteiger partial charge >= 0.3 is 0 Å². The lowest BCUT2D eigenvalue weighted by Gasteiger charge is -2.32. The molecule has 3 amide bonds. The van der Waals surface area contributed by atoms with Gasteiger partial charge in [-0.15, -0.1) is 0 Å². The number of amides is 3. The van der Waals surface area contributed by atoms with Gasteiger partial charge in [-0.05, 0) is 80.6 Å². The van der Waals surface area contributed by atoms with E-state index in [1.165, 1.54) is 16.7 Å². The minimum Gasteiger partial charge on any atom is -0.361 e. The number of halogens is 2. The number of hydrogen-bond acceptors (Lipinski definition) is 8. The Bertz CT molecular complexity index is 1810. The van der Waals surface area contributed by atoms with E-state index in [2.05, 4.69) is 41.8 Å². The molecule has 50 heavy (non-hydrogen) atoms. The second-order valence-electron chi connectivity index (χ2n) is 12.4. The first-order valence-electron chi connectivity index (χ1n) is 16.8. The van der Waals surface area contributed by atoms with Gasteiger partial charge < -0.3 is 37.3 Å². The van der Waals surface area contributed by atoms with Crippen LogP contribution in [0, 0.1) is 0 Å². The average molecular weight is 784 g/mol. The van der Waals surface area contributed by atoms with Crippen LogP contribution in [-0.4, -0.2) is 70.9 Å². The molecule has 3 heterocycles. The third-order valence-corrected chi connectivity index (χ3v) is 11.4. The van der Waals surface area contributed by atoms with Crippen LogP contribution in [0.5, 0.6) is 0 Å². The van der Waals surface area contributed by atoms with Gasteiger partial charge in [0.15, 0.2) is 0 Å². The molecule has 0 saturated carbocycles. The molecule has 5 rings (SSSR count). The van der Waals surface area contributed by atoms with Gasteiger partial charge in [0.25, 0.3) is 0 Å².